The molecule has 1 heterocycles. The van der Waals surface area contributed by atoms with Gasteiger partial charge in [-0.05, 0) is 30.7 Å². The number of nitrogens with one attached hydrogen (secondary N) is 1. The van der Waals surface area contributed by atoms with Gasteiger partial charge in [0.05, 0.1) is 6.20 Å². The predicted molar refractivity (Wildman–Crippen MR) is 80.7 cm³/mol. The number of rotatable bonds is 7. The molecular weight excluding hydrogens is 250 g/mol. The normalized spacial score (nSPS) is 12.3. The summed E-state index contributed by atoms with van der Waals surface area (Å²) in [4.78, 5) is 0. The van der Waals surface area contributed by atoms with Gasteiger partial charge in [-0.15, -0.1) is 0 Å². The summed E-state index contributed by atoms with van der Waals surface area (Å²) in [6.07, 6.45) is 4.88. The lowest BCUT2D eigenvalue weighted by Crippen LogP contribution is -2.19. The largest absolute Gasteiger partial charge is 0.489 e. The molecule has 1 aromatic heterocycles. The second-order valence-electron chi connectivity index (χ2n) is 4.90. The second-order valence-corrected chi connectivity index (χ2v) is 4.90. The average Bonchev–Trinajstić information content (AvgIpc) is 2.89. The van der Waals surface area contributed by atoms with Crippen LogP contribution in [0.15, 0.2) is 36.7 Å². The van der Waals surface area contributed by atoms with Crippen molar-refractivity contribution in [2.24, 2.45) is 7.05 Å². The molecule has 0 aliphatic carbocycles. The van der Waals surface area contributed by atoms with Crippen LogP contribution in [0.4, 0.5) is 0 Å². The fraction of sp³-hybridized carbons (Fsp3) is 0.438. The summed E-state index contributed by atoms with van der Waals surface area (Å²) in [7, 11) is 1.91. The van der Waals surface area contributed by atoms with Crippen molar-refractivity contribution in [1.82, 2.24) is 15.1 Å². The Morgan fingerprint density at radius 2 is 2.00 bits per heavy atom. The number of ether oxygens (including phenoxy) is 1. The Balaban J connectivity index is 1.94. The third-order valence-electron chi connectivity index (χ3n) is 3.31. The minimum Gasteiger partial charge on any atom is -0.489 e. The fourth-order valence-corrected chi connectivity index (χ4v) is 2.25. The first kappa shape index (κ1) is 14.6. The first-order valence-corrected chi connectivity index (χ1v) is 7.16. The molecule has 20 heavy (non-hydrogen) atoms. The fourth-order valence-electron chi connectivity index (χ4n) is 2.25. The van der Waals surface area contributed by atoms with Crippen LogP contribution >= 0.6 is 0 Å². The van der Waals surface area contributed by atoms with Crippen LogP contribution in [0.5, 0.6) is 5.75 Å². The van der Waals surface area contributed by atoms with Gasteiger partial charge in [-0.3, -0.25) is 4.68 Å². The van der Waals surface area contributed by atoms with Gasteiger partial charge in [0.2, 0.25) is 0 Å². The van der Waals surface area contributed by atoms with E-state index < -0.39 is 0 Å². The number of benzene rings is 1. The smallest absolute Gasteiger partial charge is 0.119 e. The standard InChI is InChI=1S/C16H23N3O/c1-4-16(17-5-2)14-6-8-15(9-7-14)20-12-13-10-18-19(3)11-13/h6-11,16-17H,4-5,12H2,1-3H3. The molecule has 0 saturated carbocycles. The molecule has 0 bridgehead atoms. The van der Waals surface area contributed by atoms with E-state index in [1.54, 1.807) is 4.68 Å². The van der Waals surface area contributed by atoms with Crippen molar-refractivity contribution in [3.8, 4) is 5.75 Å². The van der Waals surface area contributed by atoms with Crippen molar-refractivity contribution in [3.05, 3.63) is 47.8 Å². The van der Waals surface area contributed by atoms with Gasteiger partial charge in [0, 0.05) is 24.8 Å². The van der Waals surface area contributed by atoms with Crippen LogP contribution in [0.1, 0.15) is 37.4 Å². The molecule has 1 aromatic carbocycles. The molecule has 0 spiro atoms. The summed E-state index contributed by atoms with van der Waals surface area (Å²) in [5, 5.41) is 7.60. The molecule has 2 aromatic rings. The van der Waals surface area contributed by atoms with Crippen LogP contribution in [0.3, 0.4) is 0 Å². The third-order valence-corrected chi connectivity index (χ3v) is 3.31. The van der Waals surface area contributed by atoms with E-state index in [9.17, 15) is 0 Å². The molecule has 1 atom stereocenters. The van der Waals surface area contributed by atoms with Crippen molar-refractivity contribution in [1.29, 1.82) is 0 Å². The molecule has 0 aliphatic rings. The summed E-state index contributed by atoms with van der Waals surface area (Å²) in [6, 6.07) is 8.76. The third kappa shape index (κ3) is 3.84. The highest BCUT2D eigenvalue weighted by Crippen LogP contribution is 2.20. The van der Waals surface area contributed by atoms with Gasteiger partial charge in [-0.2, -0.15) is 5.10 Å². The van der Waals surface area contributed by atoms with Gasteiger partial charge < -0.3 is 10.1 Å². The van der Waals surface area contributed by atoms with E-state index in [-0.39, 0.29) is 0 Å². The van der Waals surface area contributed by atoms with Crippen LogP contribution in [-0.2, 0) is 13.7 Å². The van der Waals surface area contributed by atoms with E-state index in [0.717, 1.165) is 24.3 Å². The SMILES string of the molecule is CCNC(CC)c1ccc(OCc2cnn(C)c2)cc1. The van der Waals surface area contributed by atoms with Gasteiger partial charge >= 0.3 is 0 Å². The summed E-state index contributed by atoms with van der Waals surface area (Å²) in [5.41, 5.74) is 2.39. The Bertz CT molecular complexity index is 519. The van der Waals surface area contributed by atoms with Gasteiger partial charge in [-0.25, -0.2) is 0 Å². The maximum atomic E-state index is 5.76. The average molecular weight is 273 g/mol. The van der Waals surface area contributed by atoms with Crippen LogP contribution in [0.25, 0.3) is 0 Å². The molecule has 2 rings (SSSR count). The van der Waals surface area contributed by atoms with Crippen LogP contribution in [0, 0.1) is 0 Å². The molecule has 1 N–H and O–H groups in total. The van der Waals surface area contributed by atoms with Gasteiger partial charge in [0.25, 0.3) is 0 Å². The molecule has 1 unspecified atom stereocenters. The number of nitrogens with zero attached hydrogens (tertiary/aromatic N) is 2. The maximum Gasteiger partial charge on any atom is 0.119 e. The van der Waals surface area contributed by atoms with E-state index in [1.807, 2.05) is 31.6 Å². The lowest BCUT2D eigenvalue weighted by molar-refractivity contribution is 0.306. The van der Waals surface area contributed by atoms with Crippen molar-refractivity contribution < 1.29 is 4.74 Å². The summed E-state index contributed by atoms with van der Waals surface area (Å²) >= 11 is 0. The second kappa shape index (κ2) is 7.10. The minimum absolute atomic E-state index is 0.423. The molecule has 108 valence electrons. The zero-order valence-corrected chi connectivity index (χ0v) is 12.5. The summed E-state index contributed by atoms with van der Waals surface area (Å²) in [6.45, 7) is 5.86. The predicted octanol–water partition coefficient (Wildman–Crippen LogP) is 3.06. The molecule has 0 fully saturated rings. The Kier molecular flexibility index (Phi) is 5.18. The molecule has 4 heteroatoms. The number of hydrogen-bond acceptors (Lipinski definition) is 3. The monoisotopic (exact) mass is 273 g/mol. The van der Waals surface area contributed by atoms with Crippen LogP contribution in [-0.4, -0.2) is 16.3 Å². The maximum absolute atomic E-state index is 5.76. The highest BCUT2D eigenvalue weighted by Gasteiger charge is 2.07. The highest BCUT2D eigenvalue weighted by atomic mass is 16.5. The molecule has 0 radical (unpaired) electrons. The zero-order chi connectivity index (χ0) is 14.4. The van der Waals surface area contributed by atoms with Gasteiger partial charge in [0.15, 0.2) is 0 Å². The number of aryl methyl sites for hydroxylation is 1. The highest BCUT2D eigenvalue weighted by molar-refractivity contribution is 5.29. The first-order valence-electron chi connectivity index (χ1n) is 7.16. The summed E-state index contributed by atoms with van der Waals surface area (Å²) in [5.74, 6) is 0.893. The van der Waals surface area contributed by atoms with Crippen molar-refractivity contribution in [2.45, 2.75) is 32.9 Å². The molecule has 4 nitrogen and oxygen atoms in total. The molecule has 0 saturated heterocycles. The van der Waals surface area contributed by atoms with E-state index in [0.29, 0.717) is 12.6 Å². The lowest BCUT2D eigenvalue weighted by atomic mass is 10.0. The van der Waals surface area contributed by atoms with E-state index in [2.05, 4.69) is 36.4 Å². The Morgan fingerprint density at radius 3 is 2.55 bits per heavy atom. The number of hydrogen-bond donors (Lipinski definition) is 1. The zero-order valence-electron chi connectivity index (χ0n) is 12.5. The van der Waals surface area contributed by atoms with E-state index in [1.165, 1.54) is 5.56 Å². The van der Waals surface area contributed by atoms with E-state index >= 15 is 0 Å². The van der Waals surface area contributed by atoms with Crippen molar-refractivity contribution in [2.75, 3.05) is 6.54 Å². The Hall–Kier alpha value is -1.81. The summed E-state index contributed by atoms with van der Waals surface area (Å²) < 4.78 is 7.54. The molecule has 0 aliphatic heterocycles. The molecular formula is C16H23N3O. The Morgan fingerprint density at radius 1 is 1.25 bits per heavy atom. The minimum atomic E-state index is 0.423. The molecule has 0 amide bonds. The topological polar surface area (TPSA) is 39.1 Å². The van der Waals surface area contributed by atoms with Crippen molar-refractivity contribution in [3.63, 3.8) is 0 Å². The number of aromatic nitrogens is 2. The Labute approximate surface area is 120 Å². The van der Waals surface area contributed by atoms with Crippen LogP contribution in [0.2, 0.25) is 0 Å². The van der Waals surface area contributed by atoms with E-state index in [4.69, 9.17) is 4.74 Å². The van der Waals surface area contributed by atoms with Gasteiger partial charge in [0.1, 0.15) is 12.4 Å². The van der Waals surface area contributed by atoms with Gasteiger partial charge in [-0.1, -0.05) is 26.0 Å². The van der Waals surface area contributed by atoms with Crippen molar-refractivity contribution >= 4 is 0 Å². The quantitative estimate of drug-likeness (QED) is 0.842. The first-order chi connectivity index (χ1) is 9.72. The van der Waals surface area contributed by atoms with Crippen LogP contribution < -0.4 is 10.1 Å². The lowest BCUT2D eigenvalue weighted by Gasteiger charge is -2.16.